The fourth-order valence-electron chi connectivity index (χ4n) is 1.89. The van der Waals surface area contributed by atoms with Crippen LogP contribution < -0.4 is 0 Å². The average molecular weight is 429 g/mol. The predicted molar refractivity (Wildman–Crippen MR) is 110 cm³/mol. The lowest BCUT2D eigenvalue weighted by atomic mass is 10.1. The molecule has 0 bridgehead atoms. The van der Waals surface area contributed by atoms with Gasteiger partial charge in [-0.3, -0.25) is 0 Å². The molecule has 0 heterocycles. The Labute approximate surface area is 179 Å². The van der Waals surface area contributed by atoms with Gasteiger partial charge in [0.25, 0.3) is 0 Å². The van der Waals surface area contributed by atoms with Gasteiger partial charge in [0.15, 0.2) is 11.1 Å². The number of carbonyl (C=O) groups is 4. The zero-order valence-electron chi connectivity index (χ0n) is 20.3. The monoisotopic (exact) mass is 428 g/mol. The first-order chi connectivity index (χ1) is 13.0. The van der Waals surface area contributed by atoms with E-state index in [9.17, 15) is 19.2 Å². The van der Waals surface area contributed by atoms with Crippen molar-refractivity contribution in [3.63, 3.8) is 0 Å². The van der Waals surface area contributed by atoms with E-state index in [0.29, 0.717) is 0 Å². The van der Waals surface area contributed by atoms with Crippen molar-refractivity contribution >= 4 is 23.9 Å². The van der Waals surface area contributed by atoms with Gasteiger partial charge in [0.05, 0.1) is 0 Å². The highest BCUT2D eigenvalue weighted by molar-refractivity contribution is 6.28. The predicted octanol–water partition coefficient (Wildman–Crippen LogP) is 3.65. The summed E-state index contributed by atoms with van der Waals surface area (Å²) in [6.07, 6.45) is 0. The Morgan fingerprint density at radius 1 is 0.367 bits per heavy atom. The Morgan fingerprint density at radius 3 is 0.600 bits per heavy atom. The summed E-state index contributed by atoms with van der Waals surface area (Å²) < 4.78 is 21.1. The number of ether oxygens (including phenoxy) is 4. The summed E-state index contributed by atoms with van der Waals surface area (Å²) in [7, 11) is 0. The lowest BCUT2D eigenvalue weighted by Crippen LogP contribution is -2.37. The average Bonchev–Trinajstić information content (AvgIpc) is 2.35. The number of hydrogen-bond acceptors (Lipinski definition) is 8. The van der Waals surface area contributed by atoms with E-state index in [4.69, 9.17) is 18.9 Å². The fraction of sp³-hybridized carbons (Fsp3) is 0.727. The zero-order valence-corrected chi connectivity index (χ0v) is 20.3. The van der Waals surface area contributed by atoms with Gasteiger partial charge in [-0.25, -0.2) is 19.2 Å². The van der Waals surface area contributed by atoms with Crippen LogP contribution in [0.4, 0.5) is 0 Å². The molecule has 30 heavy (non-hydrogen) atoms. The highest BCUT2D eigenvalue weighted by atomic mass is 16.6. The molecule has 0 aromatic rings. The lowest BCUT2D eigenvalue weighted by molar-refractivity contribution is -0.165. The second kappa shape index (κ2) is 9.18. The molecule has 0 aromatic carbocycles. The van der Waals surface area contributed by atoms with Crippen molar-refractivity contribution in [2.45, 2.75) is 105 Å². The number of esters is 4. The molecule has 0 unspecified atom stereocenters. The second-order valence-corrected chi connectivity index (χ2v) is 10.8. The topological polar surface area (TPSA) is 105 Å². The van der Waals surface area contributed by atoms with Crippen molar-refractivity contribution in [2.24, 2.45) is 0 Å². The third-order valence-corrected chi connectivity index (χ3v) is 2.66. The smallest absolute Gasteiger partial charge is 0.347 e. The Balaban J connectivity index is 6.80. The van der Waals surface area contributed by atoms with Crippen LogP contribution >= 0.6 is 0 Å². The summed E-state index contributed by atoms with van der Waals surface area (Å²) in [5.41, 5.74) is -5.75. The molecular weight excluding hydrogens is 392 g/mol. The molecule has 0 aliphatic rings. The highest BCUT2D eigenvalue weighted by Gasteiger charge is 2.40. The van der Waals surface area contributed by atoms with Crippen LogP contribution in [0.1, 0.15) is 83.1 Å². The maximum absolute atomic E-state index is 12.9. The molecule has 0 aliphatic heterocycles. The van der Waals surface area contributed by atoms with Crippen molar-refractivity contribution in [3.8, 4) is 0 Å². The van der Waals surface area contributed by atoms with E-state index in [1.807, 2.05) is 0 Å². The molecular formula is C22H36O8. The van der Waals surface area contributed by atoms with Crippen LogP contribution in [0.25, 0.3) is 0 Å². The van der Waals surface area contributed by atoms with Gasteiger partial charge in [0, 0.05) is 0 Å². The van der Waals surface area contributed by atoms with Crippen LogP contribution in [0.5, 0.6) is 0 Å². The molecule has 0 radical (unpaired) electrons. The van der Waals surface area contributed by atoms with Gasteiger partial charge in [0.2, 0.25) is 0 Å². The molecule has 0 saturated carbocycles. The third-order valence-electron chi connectivity index (χ3n) is 2.66. The van der Waals surface area contributed by atoms with Gasteiger partial charge in [-0.05, 0) is 83.1 Å². The third kappa shape index (κ3) is 11.0. The second-order valence-electron chi connectivity index (χ2n) is 10.8. The largest absolute Gasteiger partial charge is 0.456 e. The summed E-state index contributed by atoms with van der Waals surface area (Å²) in [6, 6.07) is 0. The molecule has 0 N–H and O–H groups in total. The van der Waals surface area contributed by atoms with Gasteiger partial charge < -0.3 is 18.9 Å². The molecule has 0 aliphatic carbocycles. The van der Waals surface area contributed by atoms with Crippen LogP contribution in [0, 0.1) is 0 Å². The van der Waals surface area contributed by atoms with E-state index >= 15 is 0 Å². The molecule has 0 amide bonds. The normalized spacial score (nSPS) is 12.5. The maximum Gasteiger partial charge on any atom is 0.347 e. The van der Waals surface area contributed by atoms with Gasteiger partial charge >= 0.3 is 23.9 Å². The van der Waals surface area contributed by atoms with Crippen molar-refractivity contribution < 1.29 is 38.1 Å². The number of hydrogen-bond donors (Lipinski definition) is 0. The van der Waals surface area contributed by atoms with Gasteiger partial charge in [0.1, 0.15) is 22.4 Å². The van der Waals surface area contributed by atoms with Crippen LogP contribution in [-0.4, -0.2) is 46.3 Å². The van der Waals surface area contributed by atoms with Gasteiger partial charge in [-0.2, -0.15) is 0 Å². The van der Waals surface area contributed by atoms with E-state index in [1.165, 1.54) is 0 Å². The molecule has 0 rings (SSSR count). The highest BCUT2D eigenvalue weighted by Crippen LogP contribution is 2.23. The fourth-order valence-corrected chi connectivity index (χ4v) is 1.89. The van der Waals surface area contributed by atoms with Crippen LogP contribution in [-0.2, 0) is 38.1 Å². The van der Waals surface area contributed by atoms with Crippen LogP contribution in [0.15, 0.2) is 11.1 Å². The van der Waals surface area contributed by atoms with E-state index in [-0.39, 0.29) is 0 Å². The molecule has 0 spiro atoms. The molecule has 0 saturated heterocycles. The summed E-state index contributed by atoms with van der Waals surface area (Å²) in [5.74, 6) is -4.76. The van der Waals surface area contributed by atoms with E-state index < -0.39 is 57.4 Å². The molecule has 8 nitrogen and oxygen atoms in total. The minimum Gasteiger partial charge on any atom is -0.456 e. The summed E-state index contributed by atoms with van der Waals surface area (Å²) >= 11 is 0. The first-order valence-corrected chi connectivity index (χ1v) is 9.70. The number of carbonyl (C=O) groups excluding carboxylic acids is 4. The summed E-state index contributed by atoms with van der Waals surface area (Å²) in [6.45, 7) is 19.0. The number of rotatable bonds is 4. The molecule has 8 heteroatoms. The van der Waals surface area contributed by atoms with Crippen molar-refractivity contribution in [2.75, 3.05) is 0 Å². The molecule has 0 atom stereocenters. The molecule has 0 fully saturated rings. The van der Waals surface area contributed by atoms with Gasteiger partial charge in [-0.1, -0.05) is 0 Å². The quantitative estimate of drug-likeness (QED) is 0.220. The Hall–Kier alpha value is -2.38. The maximum atomic E-state index is 12.9. The van der Waals surface area contributed by atoms with E-state index in [1.54, 1.807) is 83.1 Å². The van der Waals surface area contributed by atoms with Crippen molar-refractivity contribution in [1.29, 1.82) is 0 Å². The Morgan fingerprint density at radius 2 is 0.500 bits per heavy atom. The Kier molecular flexibility index (Phi) is 8.45. The Bertz CT molecular complexity index is 594. The SMILES string of the molecule is CC(C)(C)OC(=O)C(C(=O)OC(C)(C)C)=C(C(=O)OC(C)(C)C)C(=O)OC(C)(C)C. The van der Waals surface area contributed by atoms with E-state index in [0.717, 1.165) is 0 Å². The van der Waals surface area contributed by atoms with Crippen molar-refractivity contribution in [1.82, 2.24) is 0 Å². The minimum atomic E-state index is -1.19. The van der Waals surface area contributed by atoms with Gasteiger partial charge in [-0.15, -0.1) is 0 Å². The lowest BCUT2D eigenvalue weighted by Gasteiger charge is -2.26. The van der Waals surface area contributed by atoms with Crippen LogP contribution in [0.2, 0.25) is 0 Å². The van der Waals surface area contributed by atoms with Crippen LogP contribution in [0.3, 0.4) is 0 Å². The summed E-state index contributed by atoms with van der Waals surface area (Å²) in [5, 5.41) is 0. The standard InChI is InChI=1S/C22H36O8/c1-19(2,3)27-15(23)13(16(24)28-20(4,5)6)14(17(25)29-21(7,8)9)18(26)30-22(10,11)12/h1-12H3. The van der Waals surface area contributed by atoms with E-state index in [2.05, 4.69) is 0 Å². The minimum absolute atomic E-state index is 0.872. The first-order valence-electron chi connectivity index (χ1n) is 9.70. The zero-order chi connectivity index (χ0) is 24.3. The molecule has 172 valence electrons. The first kappa shape index (κ1) is 27.6. The van der Waals surface area contributed by atoms with Crippen molar-refractivity contribution in [3.05, 3.63) is 11.1 Å². The molecule has 0 aromatic heterocycles. The summed E-state index contributed by atoms with van der Waals surface area (Å²) in [4.78, 5) is 51.5.